The zero-order valence-electron chi connectivity index (χ0n) is 13.2. The summed E-state index contributed by atoms with van der Waals surface area (Å²) in [5, 5.41) is 17.7. The highest BCUT2D eigenvalue weighted by Gasteiger charge is 2.29. The molecule has 3 heterocycles. The molecular weight excluding hydrogens is 335 g/mol. The average Bonchev–Trinajstić information content (AvgIpc) is 3.18. The van der Waals surface area contributed by atoms with Gasteiger partial charge in [-0.05, 0) is 19.3 Å². The highest BCUT2D eigenvalue weighted by molar-refractivity contribution is 6.32. The van der Waals surface area contributed by atoms with Gasteiger partial charge in [0.2, 0.25) is 5.95 Å². The number of rotatable bonds is 3. The maximum atomic E-state index is 14.4. The van der Waals surface area contributed by atoms with Gasteiger partial charge < -0.3 is 15.2 Å². The minimum atomic E-state index is -0.614. The van der Waals surface area contributed by atoms with Crippen LogP contribution in [0, 0.1) is 5.82 Å². The Balaban J connectivity index is 1.69. The fourth-order valence-corrected chi connectivity index (χ4v) is 4.01. The second kappa shape index (κ2) is 6.46. The normalized spacial score (nSPS) is 25.5. The van der Waals surface area contributed by atoms with E-state index in [1.54, 1.807) is 4.52 Å². The van der Waals surface area contributed by atoms with Gasteiger partial charge in [-0.15, -0.1) is 5.10 Å². The van der Waals surface area contributed by atoms with Crippen LogP contribution in [0.2, 0.25) is 5.02 Å². The van der Waals surface area contributed by atoms with Crippen LogP contribution in [-0.4, -0.2) is 45.1 Å². The van der Waals surface area contributed by atoms with Gasteiger partial charge in [-0.25, -0.2) is 13.9 Å². The van der Waals surface area contributed by atoms with Gasteiger partial charge in [-0.2, -0.15) is 0 Å². The summed E-state index contributed by atoms with van der Waals surface area (Å²) in [6.45, 7) is 0.867. The number of halogens is 2. The van der Waals surface area contributed by atoms with Crippen molar-refractivity contribution >= 4 is 23.1 Å². The van der Waals surface area contributed by atoms with Crippen molar-refractivity contribution in [2.75, 3.05) is 18.5 Å². The number of fused-ring (bicyclic) bond motifs is 1. The smallest absolute Gasteiger partial charge is 0.241 e. The molecule has 2 atom stereocenters. The first-order valence-electron chi connectivity index (χ1n) is 8.40. The van der Waals surface area contributed by atoms with Gasteiger partial charge in [0.25, 0.3) is 0 Å². The molecule has 4 rings (SSSR count). The van der Waals surface area contributed by atoms with Gasteiger partial charge in [-0.3, -0.25) is 0 Å². The van der Waals surface area contributed by atoms with E-state index < -0.39 is 11.9 Å². The molecule has 1 aliphatic carbocycles. The number of ether oxygens (including phenoxy) is 1. The van der Waals surface area contributed by atoms with E-state index in [2.05, 4.69) is 15.4 Å². The van der Waals surface area contributed by atoms with E-state index in [1.165, 1.54) is 6.20 Å². The predicted molar refractivity (Wildman–Crippen MR) is 88.0 cm³/mol. The second-order valence-electron chi connectivity index (χ2n) is 6.56. The molecule has 0 radical (unpaired) electrons. The van der Waals surface area contributed by atoms with E-state index in [0.29, 0.717) is 24.5 Å². The lowest BCUT2D eigenvalue weighted by Crippen LogP contribution is -2.42. The molecule has 2 aromatic rings. The molecule has 24 heavy (non-hydrogen) atoms. The molecule has 1 aliphatic heterocycles. The fraction of sp³-hybridized carbons (Fsp3) is 0.625. The van der Waals surface area contributed by atoms with Crippen molar-refractivity contribution in [1.82, 2.24) is 14.6 Å². The average molecular weight is 355 g/mol. The van der Waals surface area contributed by atoms with Gasteiger partial charge in [0.1, 0.15) is 10.5 Å². The van der Waals surface area contributed by atoms with Crippen molar-refractivity contribution in [1.29, 1.82) is 0 Å². The second-order valence-corrected chi connectivity index (χ2v) is 6.93. The van der Waals surface area contributed by atoms with Crippen molar-refractivity contribution < 1.29 is 14.2 Å². The summed E-state index contributed by atoms with van der Waals surface area (Å²) in [5.74, 6) is 0.126. The molecule has 6 nitrogen and oxygen atoms in total. The van der Waals surface area contributed by atoms with E-state index in [4.69, 9.17) is 16.3 Å². The number of anilines is 1. The van der Waals surface area contributed by atoms with Gasteiger partial charge in [0.05, 0.1) is 30.6 Å². The molecule has 0 bridgehead atoms. The topological polar surface area (TPSA) is 71.7 Å². The van der Waals surface area contributed by atoms with Crippen LogP contribution in [0.25, 0.3) is 5.52 Å². The lowest BCUT2D eigenvalue weighted by Gasteiger charge is -2.28. The largest absolute Gasteiger partial charge is 0.389 e. The quantitative estimate of drug-likeness (QED) is 0.886. The number of nitrogens with zero attached hydrogens (tertiary/aromatic N) is 3. The summed E-state index contributed by atoms with van der Waals surface area (Å²) in [6, 6.07) is -0.179. The zero-order valence-corrected chi connectivity index (χ0v) is 14.0. The van der Waals surface area contributed by atoms with Crippen molar-refractivity contribution in [3.63, 3.8) is 0 Å². The molecule has 1 saturated heterocycles. The van der Waals surface area contributed by atoms with Gasteiger partial charge in [-0.1, -0.05) is 24.4 Å². The summed E-state index contributed by atoms with van der Waals surface area (Å²) < 4.78 is 21.2. The number of aliphatic hydroxyl groups excluding tert-OH is 1. The number of hydrogen-bond donors (Lipinski definition) is 2. The Bertz CT molecular complexity index is 747. The molecule has 0 unspecified atom stereocenters. The van der Waals surface area contributed by atoms with Crippen LogP contribution in [-0.2, 0) is 4.74 Å². The lowest BCUT2D eigenvalue weighted by atomic mass is 10.0. The minimum Gasteiger partial charge on any atom is -0.389 e. The number of hydrogen-bond acceptors (Lipinski definition) is 5. The van der Waals surface area contributed by atoms with E-state index in [-0.39, 0.29) is 23.6 Å². The molecule has 0 aromatic carbocycles. The standard InChI is InChI=1S/C16H20ClFN4O2/c17-13-14(18)11-7-19-16(20-10-5-6-24-8-12(10)23)21-22(11)15(13)9-3-1-2-4-9/h7,9-10,12,23H,1-6,8H2,(H,20,21)/t10-,12-/m1/s1. The first-order chi connectivity index (χ1) is 11.6. The molecular formula is C16H20ClFN4O2. The number of aromatic nitrogens is 3. The Labute approximate surface area is 144 Å². The summed E-state index contributed by atoms with van der Waals surface area (Å²) in [5.41, 5.74) is 1.03. The van der Waals surface area contributed by atoms with E-state index in [1.807, 2.05) is 0 Å². The molecule has 2 N–H and O–H groups in total. The van der Waals surface area contributed by atoms with Crippen LogP contribution in [0.5, 0.6) is 0 Å². The third-order valence-corrected chi connectivity index (χ3v) is 5.34. The Morgan fingerprint density at radius 2 is 2.12 bits per heavy atom. The van der Waals surface area contributed by atoms with E-state index in [0.717, 1.165) is 31.4 Å². The van der Waals surface area contributed by atoms with Crippen LogP contribution in [0.15, 0.2) is 6.20 Å². The van der Waals surface area contributed by atoms with Crippen molar-refractivity contribution in [3.05, 3.63) is 22.7 Å². The summed E-state index contributed by atoms with van der Waals surface area (Å²) >= 11 is 6.24. The van der Waals surface area contributed by atoms with Crippen LogP contribution in [0.4, 0.5) is 10.3 Å². The maximum Gasteiger partial charge on any atom is 0.241 e. The van der Waals surface area contributed by atoms with Crippen molar-refractivity contribution in [2.24, 2.45) is 0 Å². The third kappa shape index (κ3) is 2.74. The first-order valence-corrected chi connectivity index (χ1v) is 8.78. The Morgan fingerprint density at radius 1 is 1.33 bits per heavy atom. The van der Waals surface area contributed by atoms with Crippen LogP contribution < -0.4 is 5.32 Å². The predicted octanol–water partition coefficient (Wildman–Crippen LogP) is 2.74. The number of nitrogens with one attached hydrogen (secondary N) is 1. The molecule has 2 fully saturated rings. The van der Waals surface area contributed by atoms with Gasteiger partial charge >= 0.3 is 0 Å². The Hall–Kier alpha value is -1.44. The number of aliphatic hydroxyl groups is 1. The first kappa shape index (κ1) is 16.1. The molecule has 2 aromatic heterocycles. The molecule has 1 saturated carbocycles. The van der Waals surface area contributed by atoms with Crippen LogP contribution in [0.1, 0.15) is 43.7 Å². The molecule has 0 amide bonds. The molecule has 130 valence electrons. The highest BCUT2D eigenvalue weighted by Crippen LogP contribution is 2.40. The van der Waals surface area contributed by atoms with Crippen molar-refractivity contribution in [2.45, 2.75) is 50.2 Å². The summed E-state index contributed by atoms with van der Waals surface area (Å²) in [6.07, 6.45) is 5.74. The Kier molecular flexibility index (Phi) is 4.32. The monoisotopic (exact) mass is 354 g/mol. The van der Waals surface area contributed by atoms with Gasteiger partial charge in [0.15, 0.2) is 5.82 Å². The van der Waals surface area contributed by atoms with Crippen LogP contribution >= 0.6 is 11.6 Å². The maximum absolute atomic E-state index is 14.4. The van der Waals surface area contributed by atoms with E-state index >= 15 is 0 Å². The Morgan fingerprint density at radius 3 is 2.88 bits per heavy atom. The zero-order chi connectivity index (χ0) is 16.7. The fourth-order valence-electron chi connectivity index (χ4n) is 3.68. The molecule has 0 spiro atoms. The minimum absolute atomic E-state index is 0.152. The molecule has 2 aliphatic rings. The van der Waals surface area contributed by atoms with Crippen LogP contribution in [0.3, 0.4) is 0 Å². The van der Waals surface area contributed by atoms with Crippen molar-refractivity contribution in [3.8, 4) is 0 Å². The highest BCUT2D eigenvalue weighted by atomic mass is 35.5. The van der Waals surface area contributed by atoms with E-state index in [9.17, 15) is 9.50 Å². The van der Waals surface area contributed by atoms with Gasteiger partial charge in [0, 0.05) is 12.5 Å². The summed E-state index contributed by atoms with van der Waals surface area (Å²) in [7, 11) is 0. The summed E-state index contributed by atoms with van der Waals surface area (Å²) in [4.78, 5) is 4.18. The SMILES string of the molecule is O[C@@H]1COCC[C@H]1Nc1ncc2c(F)c(Cl)c(C3CCCC3)n2n1. The third-order valence-electron chi connectivity index (χ3n) is 4.99. The lowest BCUT2D eigenvalue weighted by molar-refractivity contribution is -0.0136. The molecule has 8 heteroatoms.